The summed E-state index contributed by atoms with van der Waals surface area (Å²) in [6.45, 7) is 1.84. The second-order valence-corrected chi connectivity index (χ2v) is 4.18. The van der Waals surface area contributed by atoms with Crippen molar-refractivity contribution in [3.63, 3.8) is 0 Å². The van der Waals surface area contributed by atoms with Crippen molar-refractivity contribution in [3.05, 3.63) is 0 Å². The van der Waals surface area contributed by atoms with E-state index in [4.69, 9.17) is 0 Å². The Morgan fingerprint density at radius 2 is 1.54 bits per heavy atom. The van der Waals surface area contributed by atoms with Crippen molar-refractivity contribution in [1.82, 2.24) is 0 Å². The number of fused-ring (bicyclic) bond motifs is 1. The zero-order chi connectivity index (χ0) is 9.75. The first-order valence-corrected chi connectivity index (χ1v) is 4.81. The molecule has 0 heterocycles. The Labute approximate surface area is 76.8 Å². The van der Waals surface area contributed by atoms with Crippen molar-refractivity contribution >= 4 is 0 Å². The zero-order valence-corrected chi connectivity index (χ0v) is 7.54. The molecule has 0 aromatic rings. The van der Waals surface area contributed by atoms with E-state index < -0.39 is 24.4 Å². The van der Waals surface area contributed by atoms with E-state index in [0.29, 0.717) is 6.42 Å². The molecule has 0 amide bonds. The van der Waals surface area contributed by atoms with Gasteiger partial charge in [-0.2, -0.15) is 0 Å². The maximum atomic E-state index is 9.56. The van der Waals surface area contributed by atoms with Crippen molar-refractivity contribution in [3.8, 4) is 0 Å². The maximum Gasteiger partial charge on any atom is 0.0858 e. The van der Waals surface area contributed by atoms with Gasteiger partial charge >= 0.3 is 0 Å². The first kappa shape index (κ1) is 9.40. The van der Waals surface area contributed by atoms with E-state index in [1.165, 1.54) is 0 Å². The minimum Gasteiger partial charge on any atom is -0.393 e. The fraction of sp³-hybridized carbons (Fsp3) is 1.00. The van der Waals surface area contributed by atoms with Gasteiger partial charge in [0.05, 0.1) is 24.4 Å². The van der Waals surface area contributed by atoms with Crippen molar-refractivity contribution in [2.24, 2.45) is 17.8 Å². The monoisotopic (exact) mass is 188 g/mol. The van der Waals surface area contributed by atoms with Crippen LogP contribution in [0, 0.1) is 17.8 Å². The Morgan fingerprint density at radius 3 is 2.08 bits per heavy atom. The third-order valence-corrected chi connectivity index (χ3v) is 3.68. The number of rotatable bonds is 2. The van der Waals surface area contributed by atoms with E-state index in [1.54, 1.807) is 0 Å². The van der Waals surface area contributed by atoms with Crippen LogP contribution in [0.2, 0.25) is 0 Å². The van der Waals surface area contributed by atoms with E-state index >= 15 is 0 Å². The van der Waals surface area contributed by atoms with Crippen LogP contribution in [-0.2, 0) is 0 Å². The van der Waals surface area contributed by atoms with Crippen molar-refractivity contribution in [2.45, 2.75) is 37.8 Å². The van der Waals surface area contributed by atoms with Crippen molar-refractivity contribution < 1.29 is 20.4 Å². The van der Waals surface area contributed by atoms with Gasteiger partial charge in [-0.1, -0.05) is 6.92 Å². The quantitative estimate of drug-likeness (QED) is 0.435. The average molecular weight is 188 g/mol. The van der Waals surface area contributed by atoms with Crippen LogP contribution < -0.4 is 0 Å². The van der Waals surface area contributed by atoms with E-state index in [0.717, 1.165) is 0 Å². The molecule has 4 N–H and O–H groups in total. The SMILES string of the molecule is CC[C@H](O)C1C(O)C2C(O)[C@H](O)[C@@H]21. The zero-order valence-electron chi connectivity index (χ0n) is 7.54. The molecule has 13 heavy (non-hydrogen) atoms. The Kier molecular flexibility index (Phi) is 2.11. The smallest absolute Gasteiger partial charge is 0.0858 e. The summed E-state index contributed by atoms with van der Waals surface area (Å²) in [5.74, 6) is -0.547. The summed E-state index contributed by atoms with van der Waals surface area (Å²) in [7, 11) is 0. The van der Waals surface area contributed by atoms with Gasteiger partial charge in [-0.05, 0) is 6.42 Å². The minimum absolute atomic E-state index is 0.0973. The second-order valence-electron chi connectivity index (χ2n) is 4.18. The predicted octanol–water partition coefficient (Wildman–Crippen LogP) is -1.28. The summed E-state index contributed by atoms with van der Waals surface area (Å²) in [5.41, 5.74) is 0. The fourth-order valence-electron chi connectivity index (χ4n) is 2.77. The first-order valence-electron chi connectivity index (χ1n) is 4.81. The largest absolute Gasteiger partial charge is 0.393 e. The molecule has 2 fully saturated rings. The number of hydrogen-bond donors (Lipinski definition) is 4. The number of hydrogen-bond acceptors (Lipinski definition) is 4. The Morgan fingerprint density at radius 1 is 1.00 bits per heavy atom. The molecular formula is C9H16O4. The van der Waals surface area contributed by atoms with Crippen LogP contribution in [0.4, 0.5) is 0 Å². The van der Waals surface area contributed by atoms with Gasteiger partial charge in [0.15, 0.2) is 0 Å². The van der Waals surface area contributed by atoms with Gasteiger partial charge in [0.1, 0.15) is 0 Å². The summed E-state index contributed by atoms with van der Waals surface area (Å²) in [6.07, 6.45) is -2.16. The van der Waals surface area contributed by atoms with Gasteiger partial charge in [-0.25, -0.2) is 0 Å². The molecule has 0 radical (unpaired) electrons. The van der Waals surface area contributed by atoms with Gasteiger partial charge in [-0.3, -0.25) is 0 Å². The van der Waals surface area contributed by atoms with Crippen molar-refractivity contribution in [2.75, 3.05) is 0 Å². The lowest BCUT2D eigenvalue weighted by Crippen LogP contribution is -2.75. The van der Waals surface area contributed by atoms with Crippen LogP contribution >= 0.6 is 0 Å². The second kappa shape index (κ2) is 2.92. The Balaban J connectivity index is 2.02. The standard InChI is InChI=1S/C9H16O4/c1-2-3(10)4-5-6(7(4)11)9(13)8(5)12/h3-13H,2H2,1H3/t3-,4?,5+,6?,7?,8+,9?/m0/s1. The molecule has 4 unspecified atom stereocenters. The molecule has 0 saturated heterocycles. The van der Waals surface area contributed by atoms with Crippen LogP contribution in [0.15, 0.2) is 0 Å². The highest BCUT2D eigenvalue weighted by atomic mass is 16.3. The molecule has 2 aliphatic carbocycles. The van der Waals surface area contributed by atoms with Gasteiger partial charge in [0.25, 0.3) is 0 Å². The lowest BCUT2D eigenvalue weighted by atomic mass is 9.46. The highest BCUT2D eigenvalue weighted by Gasteiger charge is 2.67. The molecule has 0 bridgehead atoms. The molecule has 2 rings (SSSR count). The molecule has 4 heteroatoms. The molecule has 4 nitrogen and oxygen atoms in total. The van der Waals surface area contributed by atoms with Crippen LogP contribution in [0.1, 0.15) is 13.3 Å². The molecule has 76 valence electrons. The van der Waals surface area contributed by atoms with Gasteiger partial charge < -0.3 is 20.4 Å². The normalized spacial score (nSPS) is 56.1. The van der Waals surface area contributed by atoms with E-state index in [2.05, 4.69) is 0 Å². The van der Waals surface area contributed by atoms with Gasteiger partial charge in [0.2, 0.25) is 0 Å². The summed E-state index contributed by atoms with van der Waals surface area (Å²) >= 11 is 0. The van der Waals surface area contributed by atoms with Crippen molar-refractivity contribution in [1.29, 1.82) is 0 Å². The molecule has 0 aromatic heterocycles. The summed E-state index contributed by atoms with van der Waals surface area (Å²) in [6, 6.07) is 0. The Hall–Kier alpha value is -0.160. The highest BCUT2D eigenvalue weighted by molar-refractivity contribution is 5.15. The van der Waals surface area contributed by atoms with E-state index in [-0.39, 0.29) is 17.8 Å². The molecule has 7 atom stereocenters. The van der Waals surface area contributed by atoms with Crippen LogP contribution in [-0.4, -0.2) is 44.8 Å². The lowest BCUT2D eigenvalue weighted by molar-refractivity contribution is -0.302. The fourth-order valence-corrected chi connectivity index (χ4v) is 2.77. The Bertz CT molecular complexity index is 208. The topological polar surface area (TPSA) is 80.9 Å². The third kappa shape index (κ3) is 1.00. The molecular weight excluding hydrogens is 172 g/mol. The summed E-state index contributed by atoms with van der Waals surface area (Å²) in [4.78, 5) is 0. The first-order chi connectivity index (χ1) is 6.09. The van der Waals surface area contributed by atoms with Gasteiger partial charge in [-0.15, -0.1) is 0 Å². The van der Waals surface area contributed by atoms with Gasteiger partial charge in [0, 0.05) is 17.8 Å². The van der Waals surface area contributed by atoms with Crippen LogP contribution in [0.3, 0.4) is 0 Å². The molecule has 0 aliphatic heterocycles. The molecule has 2 saturated carbocycles. The average Bonchev–Trinajstić information content (AvgIpc) is 2.12. The third-order valence-electron chi connectivity index (χ3n) is 3.68. The highest BCUT2D eigenvalue weighted by Crippen LogP contribution is 2.55. The van der Waals surface area contributed by atoms with Crippen LogP contribution in [0.5, 0.6) is 0 Å². The van der Waals surface area contributed by atoms with E-state index in [1.807, 2.05) is 6.92 Å². The molecule has 2 aliphatic rings. The van der Waals surface area contributed by atoms with Crippen LogP contribution in [0.25, 0.3) is 0 Å². The molecule has 0 spiro atoms. The number of aliphatic hydroxyl groups is 4. The summed E-state index contributed by atoms with van der Waals surface area (Å²) < 4.78 is 0. The lowest BCUT2D eigenvalue weighted by Gasteiger charge is -2.63. The molecule has 0 aromatic carbocycles. The minimum atomic E-state index is -0.791. The summed E-state index contributed by atoms with van der Waals surface area (Å²) in [5, 5.41) is 37.7. The maximum absolute atomic E-state index is 9.56. The van der Waals surface area contributed by atoms with E-state index in [9.17, 15) is 20.4 Å². The predicted molar refractivity (Wildman–Crippen MR) is 44.8 cm³/mol. The number of aliphatic hydroxyl groups excluding tert-OH is 4.